The van der Waals surface area contributed by atoms with E-state index in [4.69, 9.17) is 9.47 Å². The van der Waals surface area contributed by atoms with Crippen molar-refractivity contribution in [3.8, 4) is 0 Å². The molecular formula is C12H18O4. The van der Waals surface area contributed by atoms with E-state index in [-0.39, 0.29) is 23.8 Å². The van der Waals surface area contributed by atoms with E-state index in [1.54, 1.807) is 0 Å². The number of ether oxygens (including phenoxy) is 2. The lowest BCUT2D eigenvalue weighted by molar-refractivity contribution is -0.169. The number of hydrogen-bond donors (Lipinski definition) is 0. The van der Waals surface area contributed by atoms with E-state index in [1.807, 2.05) is 6.92 Å². The van der Waals surface area contributed by atoms with E-state index in [0.29, 0.717) is 5.92 Å². The Labute approximate surface area is 95.3 Å². The molecule has 4 heteroatoms. The quantitative estimate of drug-likeness (QED) is 0.667. The van der Waals surface area contributed by atoms with Gasteiger partial charge in [-0.15, -0.1) is 0 Å². The minimum Gasteiger partial charge on any atom is -0.469 e. The lowest BCUT2D eigenvalue weighted by atomic mass is 9.67. The molecule has 4 nitrogen and oxygen atoms in total. The first kappa shape index (κ1) is 11.4. The third-order valence-corrected chi connectivity index (χ3v) is 4.52. The van der Waals surface area contributed by atoms with Gasteiger partial charge in [0.05, 0.1) is 25.6 Å². The first-order chi connectivity index (χ1) is 7.55. The molecule has 0 spiro atoms. The predicted octanol–water partition coefficient (Wildman–Crippen LogP) is 1.38. The van der Waals surface area contributed by atoms with Gasteiger partial charge in [0.15, 0.2) is 0 Å². The highest BCUT2D eigenvalue weighted by Gasteiger charge is 2.63. The molecule has 0 aliphatic heterocycles. The maximum Gasteiger partial charge on any atom is 0.312 e. The van der Waals surface area contributed by atoms with Crippen molar-refractivity contribution in [3.05, 3.63) is 0 Å². The Kier molecular flexibility index (Phi) is 2.68. The van der Waals surface area contributed by atoms with E-state index in [1.165, 1.54) is 14.2 Å². The van der Waals surface area contributed by atoms with Gasteiger partial charge in [0.1, 0.15) is 0 Å². The third kappa shape index (κ3) is 1.28. The molecule has 16 heavy (non-hydrogen) atoms. The summed E-state index contributed by atoms with van der Waals surface area (Å²) in [6, 6.07) is 0. The van der Waals surface area contributed by atoms with Gasteiger partial charge in [-0.05, 0) is 38.0 Å². The molecule has 4 atom stereocenters. The van der Waals surface area contributed by atoms with E-state index in [0.717, 1.165) is 19.3 Å². The van der Waals surface area contributed by atoms with Crippen LogP contribution in [0.5, 0.6) is 0 Å². The molecule has 2 rings (SSSR count). The lowest BCUT2D eigenvalue weighted by Gasteiger charge is -2.36. The molecule has 0 amide bonds. The van der Waals surface area contributed by atoms with Gasteiger partial charge in [-0.1, -0.05) is 0 Å². The van der Waals surface area contributed by atoms with E-state index >= 15 is 0 Å². The SMILES string of the molecule is COC(=O)[C@H]1[C@H]2CC[C@H](C2)[C@@]1(C)C(=O)OC. The van der Waals surface area contributed by atoms with Crippen LogP contribution in [-0.2, 0) is 19.1 Å². The number of carbonyl (C=O) groups excluding carboxylic acids is 2. The second-order valence-electron chi connectivity index (χ2n) is 5.05. The van der Waals surface area contributed by atoms with Crippen LogP contribution in [0, 0.1) is 23.2 Å². The Morgan fingerprint density at radius 1 is 1.19 bits per heavy atom. The largest absolute Gasteiger partial charge is 0.469 e. The summed E-state index contributed by atoms with van der Waals surface area (Å²) >= 11 is 0. The van der Waals surface area contributed by atoms with Crippen LogP contribution in [0.4, 0.5) is 0 Å². The number of fused-ring (bicyclic) bond motifs is 2. The fourth-order valence-electron chi connectivity index (χ4n) is 3.69. The second kappa shape index (κ2) is 3.75. The van der Waals surface area contributed by atoms with Gasteiger partial charge in [-0.3, -0.25) is 9.59 Å². The average molecular weight is 226 g/mol. The Balaban J connectivity index is 2.34. The van der Waals surface area contributed by atoms with Crippen molar-refractivity contribution in [1.29, 1.82) is 0 Å². The van der Waals surface area contributed by atoms with Crippen LogP contribution in [-0.4, -0.2) is 26.2 Å². The van der Waals surface area contributed by atoms with Crippen LogP contribution in [0.3, 0.4) is 0 Å². The first-order valence-electron chi connectivity index (χ1n) is 5.72. The minimum absolute atomic E-state index is 0.264. The fraction of sp³-hybridized carbons (Fsp3) is 0.833. The molecule has 0 unspecified atom stereocenters. The van der Waals surface area contributed by atoms with Crippen LogP contribution in [0.2, 0.25) is 0 Å². The van der Waals surface area contributed by atoms with Crippen molar-refractivity contribution in [1.82, 2.24) is 0 Å². The monoisotopic (exact) mass is 226 g/mol. The Morgan fingerprint density at radius 3 is 2.44 bits per heavy atom. The van der Waals surface area contributed by atoms with Crippen molar-refractivity contribution in [2.75, 3.05) is 14.2 Å². The van der Waals surface area contributed by atoms with Gasteiger partial charge in [0.2, 0.25) is 0 Å². The standard InChI is InChI=1S/C12H18O4/c1-12(11(14)16-3)8-5-4-7(6-8)9(12)10(13)15-2/h7-9H,4-6H2,1-3H3/t7-,8+,9+,12+/m0/s1. The Bertz CT molecular complexity index is 325. The zero-order chi connectivity index (χ0) is 11.9. The Hall–Kier alpha value is -1.06. The molecule has 0 N–H and O–H groups in total. The van der Waals surface area contributed by atoms with Gasteiger partial charge in [0, 0.05) is 0 Å². The highest BCUT2D eigenvalue weighted by atomic mass is 16.5. The predicted molar refractivity (Wildman–Crippen MR) is 56.5 cm³/mol. The summed E-state index contributed by atoms with van der Waals surface area (Å²) in [4.78, 5) is 23.7. The first-order valence-corrected chi connectivity index (χ1v) is 5.72. The van der Waals surface area contributed by atoms with E-state index < -0.39 is 5.41 Å². The summed E-state index contributed by atoms with van der Waals surface area (Å²) in [6.45, 7) is 1.85. The van der Waals surface area contributed by atoms with Crippen molar-refractivity contribution < 1.29 is 19.1 Å². The van der Waals surface area contributed by atoms with Gasteiger partial charge in [-0.25, -0.2) is 0 Å². The molecule has 0 aromatic carbocycles. The summed E-state index contributed by atoms with van der Waals surface area (Å²) in [5.74, 6) is -0.283. The molecule has 0 saturated heterocycles. The molecule has 2 aliphatic rings. The highest BCUT2D eigenvalue weighted by molar-refractivity contribution is 5.86. The van der Waals surface area contributed by atoms with Gasteiger partial charge in [0.25, 0.3) is 0 Å². The normalized spacial score (nSPS) is 40.8. The maximum atomic E-state index is 11.9. The number of methoxy groups -OCH3 is 2. The molecule has 2 aliphatic carbocycles. The summed E-state index contributed by atoms with van der Waals surface area (Å²) in [5, 5.41) is 0. The second-order valence-corrected chi connectivity index (χ2v) is 5.05. The zero-order valence-electron chi connectivity index (χ0n) is 9.99. The molecule has 2 saturated carbocycles. The lowest BCUT2D eigenvalue weighted by Crippen LogP contribution is -2.45. The number of hydrogen-bond acceptors (Lipinski definition) is 4. The van der Waals surface area contributed by atoms with Crippen molar-refractivity contribution in [2.24, 2.45) is 23.2 Å². The number of esters is 2. The van der Waals surface area contributed by atoms with Crippen molar-refractivity contribution in [3.63, 3.8) is 0 Å². The van der Waals surface area contributed by atoms with Crippen LogP contribution >= 0.6 is 0 Å². The third-order valence-electron chi connectivity index (χ3n) is 4.52. The van der Waals surface area contributed by atoms with Crippen molar-refractivity contribution >= 4 is 11.9 Å². The summed E-state index contributed by atoms with van der Waals surface area (Å²) in [7, 11) is 2.76. The maximum absolute atomic E-state index is 11.9. The minimum atomic E-state index is -0.676. The molecule has 2 fully saturated rings. The summed E-state index contributed by atoms with van der Waals surface area (Å²) in [6.07, 6.45) is 2.99. The van der Waals surface area contributed by atoms with Gasteiger partial charge < -0.3 is 9.47 Å². The molecule has 90 valence electrons. The van der Waals surface area contributed by atoms with Crippen LogP contribution in [0.15, 0.2) is 0 Å². The van der Waals surface area contributed by atoms with Crippen LogP contribution < -0.4 is 0 Å². The molecule has 0 heterocycles. The summed E-state index contributed by atoms with van der Waals surface area (Å²) < 4.78 is 9.70. The summed E-state index contributed by atoms with van der Waals surface area (Å²) in [5.41, 5.74) is -0.676. The fourth-order valence-corrected chi connectivity index (χ4v) is 3.69. The number of carbonyl (C=O) groups is 2. The topological polar surface area (TPSA) is 52.6 Å². The average Bonchev–Trinajstić information content (AvgIpc) is 2.86. The molecule has 0 aromatic heterocycles. The van der Waals surface area contributed by atoms with Gasteiger partial charge >= 0.3 is 11.9 Å². The van der Waals surface area contributed by atoms with E-state index in [2.05, 4.69) is 0 Å². The molecule has 0 aromatic rings. The van der Waals surface area contributed by atoms with Gasteiger partial charge in [-0.2, -0.15) is 0 Å². The van der Waals surface area contributed by atoms with E-state index in [9.17, 15) is 9.59 Å². The highest BCUT2D eigenvalue weighted by Crippen LogP contribution is 2.60. The molecule has 2 bridgehead atoms. The van der Waals surface area contributed by atoms with Crippen LogP contribution in [0.1, 0.15) is 26.2 Å². The molecule has 0 radical (unpaired) electrons. The zero-order valence-corrected chi connectivity index (χ0v) is 9.99. The van der Waals surface area contributed by atoms with Crippen molar-refractivity contribution in [2.45, 2.75) is 26.2 Å². The molecular weight excluding hydrogens is 208 g/mol. The number of rotatable bonds is 2. The smallest absolute Gasteiger partial charge is 0.312 e. The Morgan fingerprint density at radius 2 is 1.88 bits per heavy atom. The van der Waals surface area contributed by atoms with Crippen LogP contribution in [0.25, 0.3) is 0 Å².